The minimum atomic E-state index is -2.28. The summed E-state index contributed by atoms with van der Waals surface area (Å²) in [5.41, 5.74) is 2.32. The summed E-state index contributed by atoms with van der Waals surface area (Å²) in [5, 5.41) is 44.5. The van der Waals surface area contributed by atoms with Crippen molar-refractivity contribution >= 4 is 40.6 Å². The van der Waals surface area contributed by atoms with E-state index in [1.54, 1.807) is 6.92 Å². The summed E-state index contributed by atoms with van der Waals surface area (Å²) in [6.45, 7) is 1.58. The molecule has 1 heterocycles. The number of nitrogens with two attached hydrogens (primary N) is 1. The fraction of sp³-hybridized carbons (Fsp3) is 0.444. The standard InChI is InChI=1S/C27H27Cl2NO10/c1-9-20(31)12(30)6-15(39-9)40-14-8-27(37,25(36)26(28)29)7-11-17(14)24(35)19-18(22(11)33)21(32)10-4-3-5-13(38-2)16(10)23(19)34/h3-5,9,12,14-15,20,26,31,33,35,37H,6-8,30H2,1-2H3/t9-,12-,14-,15-,20+,27-/m0/s1. The summed E-state index contributed by atoms with van der Waals surface area (Å²) >= 11 is 11.6. The molecule has 5 rings (SSSR count). The fourth-order valence-corrected chi connectivity index (χ4v) is 6.19. The number of phenolic OH excluding ortho intramolecular Hbond substituents is 2. The molecule has 2 aromatic carbocycles. The quantitative estimate of drug-likeness (QED) is 0.214. The van der Waals surface area contributed by atoms with E-state index in [2.05, 4.69) is 0 Å². The largest absolute Gasteiger partial charge is 0.507 e. The molecule has 0 unspecified atom stereocenters. The SMILES string of the molecule is COc1cccc2c1C(=O)c1c(O)c3c(c(O)c1C2=O)C[C@@](O)(C(=O)C(Cl)Cl)C[C@@H]3O[C@H]1C[C@H](N)[C@H](O)[C@H](C)O1. The van der Waals surface area contributed by atoms with Crippen LogP contribution in [0.15, 0.2) is 18.2 Å². The van der Waals surface area contributed by atoms with E-state index in [1.165, 1.54) is 25.3 Å². The summed E-state index contributed by atoms with van der Waals surface area (Å²) in [6, 6.07) is 3.63. The molecular weight excluding hydrogens is 569 g/mol. The van der Waals surface area contributed by atoms with Gasteiger partial charge in [-0.2, -0.15) is 0 Å². The van der Waals surface area contributed by atoms with Crippen molar-refractivity contribution < 1.29 is 49.0 Å². The molecule has 0 saturated carbocycles. The van der Waals surface area contributed by atoms with Crippen LogP contribution in [0.2, 0.25) is 0 Å². The molecule has 1 saturated heterocycles. The van der Waals surface area contributed by atoms with Crippen molar-refractivity contribution in [1.29, 1.82) is 0 Å². The van der Waals surface area contributed by atoms with Crippen molar-refractivity contribution in [3.05, 3.63) is 51.6 Å². The average Bonchev–Trinajstić information content (AvgIpc) is 2.90. The first kappa shape index (κ1) is 28.7. The van der Waals surface area contributed by atoms with Crippen LogP contribution in [-0.4, -0.2) is 79.9 Å². The van der Waals surface area contributed by atoms with Crippen LogP contribution in [0.1, 0.15) is 68.8 Å². The van der Waals surface area contributed by atoms with Gasteiger partial charge in [0, 0.05) is 42.0 Å². The first-order valence-corrected chi connectivity index (χ1v) is 13.3. The zero-order valence-corrected chi connectivity index (χ0v) is 22.9. The van der Waals surface area contributed by atoms with Crippen molar-refractivity contribution in [2.45, 2.75) is 67.3 Å². The minimum absolute atomic E-state index is 0.0109. The zero-order valence-electron chi connectivity index (χ0n) is 21.4. The van der Waals surface area contributed by atoms with Crippen molar-refractivity contribution in [3.63, 3.8) is 0 Å². The van der Waals surface area contributed by atoms with Gasteiger partial charge in [0.05, 0.1) is 42.1 Å². The van der Waals surface area contributed by atoms with Gasteiger partial charge in [0.15, 0.2) is 22.7 Å². The molecule has 1 aliphatic heterocycles. The van der Waals surface area contributed by atoms with Crippen LogP contribution < -0.4 is 10.5 Å². The second-order valence-electron chi connectivity index (χ2n) is 10.2. The molecule has 214 valence electrons. The number of benzene rings is 2. The monoisotopic (exact) mass is 595 g/mol. The molecule has 13 heteroatoms. The highest BCUT2D eigenvalue weighted by Crippen LogP contribution is 2.52. The second-order valence-corrected chi connectivity index (χ2v) is 11.3. The van der Waals surface area contributed by atoms with Crippen molar-refractivity contribution in [2.24, 2.45) is 5.73 Å². The molecule has 6 N–H and O–H groups in total. The molecular formula is C27H27Cl2NO10. The van der Waals surface area contributed by atoms with Crippen LogP contribution in [-0.2, 0) is 20.7 Å². The lowest BCUT2D eigenvalue weighted by atomic mass is 9.72. The Kier molecular flexibility index (Phi) is 7.37. The third kappa shape index (κ3) is 4.37. The predicted octanol–water partition coefficient (Wildman–Crippen LogP) is 1.81. The lowest BCUT2D eigenvalue weighted by Crippen LogP contribution is -2.53. The van der Waals surface area contributed by atoms with Crippen LogP contribution in [0.4, 0.5) is 0 Å². The summed E-state index contributed by atoms with van der Waals surface area (Å²) in [5.74, 6) is -3.82. The third-order valence-electron chi connectivity index (χ3n) is 7.80. The Labute approximate surface area is 238 Å². The number of fused-ring (bicyclic) bond motifs is 3. The van der Waals surface area contributed by atoms with E-state index in [9.17, 15) is 34.8 Å². The van der Waals surface area contributed by atoms with Crippen molar-refractivity contribution in [1.82, 2.24) is 0 Å². The maximum absolute atomic E-state index is 13.7. The van der Waals surface area contributed by atoms with Crippen LogP contribution >= 0.6 is 23.2 Å². The van der Waals surface area contributed by atoms with Gasteiger partial charge >= 0.3 is 0 Å². The molecule has 0 bridgehead atoms. The number of phenols is 2. The van der Waals surface area contributed by atoms with Gasteiger partial charge in [0.2, 0.25) is 5.78 Å². The number of Topliss-reactive ketones (excluding diaryl/α,β-unsaturated/α-hetero) is 1. The van der Waals surface area contributed by atoms with Crippen LogP contribution in [0.25, 0.3) is 0 Å². The van der Waals surface area contributed by atoms with E-state index >= 15 is 0 Å². The van der Waals surface area contributed by atoms with Crippen molar-refractivity contribution in [2.75, 3.05) is 7.11 Å². The molecule has 0 spiro atoms. The number of methoxy groups -OCH3 is 1. The highest BCUT2D eigenvalue weighted by atomic mass is 35.5. The van der Waals surface area contributed by atoms with Gasteiger partial charge in [-0.3, -0.25) is 14.4 Å². The predicted molar refractivity (Wildman–Crippen MR) is 140 cm³/mol. The molecule has 0 radical (unpaired) electrons. The maximum atomic E-state index is 13.7. The first-order chi connectivity index (χ1) is 18.8. The number of aromatic hydroxyl groups is 2. The number of ether oxygens (including phenoxy) is 3. The van der Waals surface area contributed by atoms with E-state index in [0.717, 1.165) is 0 Å². The number of rotatable bonds is 5. The van der Waals surface area contributed by atoms with Gasteiger partial charge in [-0.1, -0.05) is 35.3 Å². The Morgan fingerprint density at radius 3 is 2.45 bits per heavy atom. The topological polar surface area (TPSA) is 186 Å². The van der Waals surface area contributed by atoms with Gasteiger partial charge in [-0.25, -0.2) is 0 Å². The lowest BCUT2D eigenvalue weighted by Gasteiger charge is -2.42. The van der Waals surface area contributed by atoms with Gasteiger partial charge < -0.3 is 40.4 Å². The molecule has 40 heavy (non-hydrogen) atoms. The summed E-state index contributed by atoms with van der Waals surface area (Å²) in [4.78, 5) is 38.5. The number of ketones is 3. The highest BCUT2D eigenvalue weighted by molar-refractivity contribution is 6.54. The number of hydrogen-bond donors (Lipinski definition) is 5. The number of carbonyl (C=O) groups excluding carboxylic acids is 3. The Bertz CT molecular complexity index is 1420. The smallest absolute Gasteiger partial charge is 0.202 e. The number of halogens is 2. The Hall–Kier alpha value is -2.77. The summed E-state index contributed by atoms with van der Waals surface area (Å²) in [7, 11) is 1.32. The number of hydrogen-bond acceptors (Lipinski definition) is 11. The average molecular weight is 596 g/mol. The molecule has 11 nitrogen and oxygen atoms in total. The highest BCUT2D eigenvalue weighted by Gasteiger charge is 2.51. The van der Waals surface area contributed by atoms with E-state index in [1.807, 2.05) is 0 Å². The molecule has 6 atom stereocenters. The number of aliphatic hydroxyl groups is 2. The molecule has 2 aliphatic carbocycles. The lowest BCUT2D eigenvalue weighted by molar-refractivity contribution is -0.247. The second kappa shape index (κ2) is 10.3. The van der Waals surface area contributed by atoms with Crippen LogP contribution in [0.3, 0.4) is 0 Å². The number of alkyl halides is 2. The molecule has 2 aromatic rings. The Morgan fingerprint density at radius 2 is 1.82 bits per heavy atom. The van der Waals surface area contributed by atoms with E-state index < -0.39 is 93.9 Å². The van der Waals surface area contributed by atoms with Gasteiger partial charge in [0.25, 0.3) is 0 Å². The summed E-state index contributed by atoms with van der Waals surface area (Å²) < 4.78 is 17.1. The summed E-state index contributed by atoms with van der Waals surface area (Å²) in [6.07, 6.45) is -5.21. The zero-order chi connectivity index (χ0) is 29.3. The minimum Gasteiger partial charge on any atom is -0.507 e. The maximum Gasteiger partial charge on any atom is 0.202 e. The van der Waals surface area contributed by atoms with Gasteiger partial charge in [-0.15, -0.1) is 0 Å². The van der Waals surface area contributed by atoms with Crippen LogP contribution in [0, 0.1) is 0 Å². The number of carbonyl (C=O) groups is 3. The van der Waals surface area contributed by atoms with Gasteiger partial charge in [-0.05, 0) is 13.0 Å². The third-order valence-corrected chi connectivity index (χ3v) is 8.20. The fourth-order valence-electron chi connectivity index (χ4n) is 5.78. The normalized spacial score (nSPS) is 29.6. The molecule has 1 fully saturated rings. The Balaban J connectivity index is 1.69. The van der Waals surface area contributed by atoms with E-state index in [-0.39, 0.29) is 34.4 Å². The van der Waals surface area contributed by atoms with Crippen molar-refractivity contribution in [3.8, 4) is 17.2 Å². The number of aliphatic hydroxyl groups excluding tert-OH is 1. The first-order valence-electron chi connectivity index (χ1n) is 12.5. The van der Waals surface area contributed by atoms with E-state index in [0.29, 0.717) is 0 Å². The molecule has 3 aliphatic rings. The van der Waals surface area contributed by atoms with E-state index in [4.69, 9.17) is 43.1 Å². The molecule has 0 aromatic heterocycles. The Morgan fingerprint density at radius 1 is 1.15 bits per heavy atom. The van der Waals surface area contributed by atoms with Crippen LogP contribution in [0.5, 0.6) is 17.2 Å². The molecule has 0 amide bonds. The van der Waals surface area contributed by atoms with Gasteiger partial charge in [0.1, 0.15) is 22.8 Å².